The second-order valence-corrected chi connectivity index (χ2v) is 12.8. The highest BCUT2D eigenvalue weighted by Gasteiger charge is 2.55. The van der Waals surface area contributed by atoms with Gasteiger partial charge in [-0.15, -0.1) is 0 Å². The van der Waals surface area contributed by atoms with Crippen molar-refractivity contribution in [2.24, 2.45) is 21.4 Å². The van der Waals surface area contributed by atoms with Crippen LogP contribution in [0.3, 0.4) is 0 Å². The van der Waals surface area contributed by atoms with Crippen molar-refractivity contribution in [3.05, 3.63) is 105 Å². The van der Waals surface area contributed by atoms with Crippen LogP contribution in [0.2, 0.25) is 0 Å². The van der Waals surface area contributed by atoms with E-state index in [0.717, 1.165) is 56.6 Å². The third-order valence-electron chi connectivity index (χ3n) is 8.82. The van der Waals surface area contributed by atoms with E-state index in [1.807, 2.05) is 13.0 Å². The van der Waals surface area contributed by atoms with Crippen LogP contribution in [0.4, 0.5) is 5.69 Å². The monoisotopic (exact) mass is 650 g/mol. The Balaban J connectivity index is 1.19. The third-order valence-corrected chi connectivity index (χ3v) is 9.31. The summed E-state index contributed by atoms with van der Waals surface area (Å²) in [6, 6.07) is 21.4. The summed E-state index contributed by atoms with van der Waals surface area (Å²) in [5.41, 5.74) is 6.98. The third kappa shape index (κ3) is 4.96. The highest BCUT2D eigenvalue weighted by molar-refractivity contribution is 9.10. The number of benzene rings is 3. The van der Waals surface area contributed by atoms with Gasteiger partial charge < -0.3 is 0 Å². The van der Waals surface area contributed by atoms with Crippen molar-refractivity contribution in [2.75, 3.05) is 11.4 Å². The van der Waals surface area contributed by atoms with E-state index in [1.54, 1.807) is 23.2 Å². The molecule has 10 heteroatoms. The predicted molar refractivity (Wildman–Crippen MR) is 170 cm³/mol. The lowest BCUT2D eigenvalue weighted by Gasteiger charge is -2.30. The van der Waals surface area contributed by atoms with Gasteiger partial charge in [-0.1, -0.05) is 86.9 Å². The Hall–Kier alpha value is -4.44. The second kappa shape index (κ2) is 11.2. The van der Waals surface area contributed by atoms with Crippen LogP contribution in [-0.2, 0) is 14.4 Å². The molecule has 7 rings (SSSR count). The van der Waals surface area contributed by atoms with Gasteiger partial charge in [0.2, 0.25) is 0 Å². The van der Waals surface area contributed by atoms with Gasteiger partial charge in [0.15, 0.2) is 12.1 Å². The van der Waals surface area contributed by atoms with E-state index in [0.29, 0.717) is 5.69 Å². The summed E-state index contributed by atoms with van der Waals surface area (Å²) in [6.07, 6.45) is 4.98. The van der Waals surface area contributed by atoms with Gasteiger partial charge in [0.25, 0.3) is 17.7 Å². The Labute approximate surface area is 264 Å². The number of rotatable bonds is 5. The molecule has 0 spiro atoms. The van der Waals surface area contributed by atoms with E-state index >= 15 is 0 Å². The molecule has 2 fully saturated rings. The maximum absolute atomic E-state index is 14.1. The molecule has 222 valence electrons. The summed E-state index contributed by atoms with van der Waals surface area (Å²) in [7, 11) is 0. The zero-order valence-electron chi connectivity index (χ0n) is 24.4. The molecule has 3 heterocycles. The van der Waals surface area contributed by atoms with Crippen molar-refractivity contribution in [3.8, 4) is 0 Å². The van der Waals surface area contributed by atoms with E-state index in [-0.39, 0.29) is 24.4 Å². The zero-order valence-corrected chi connectivity index (χ0v) is 26.0. The van der Waals surface area contributed by atoms with E-state index in [4.69, 9.17) is 5.10 Å². The molecule has 4 aliphatic rings. The standard InChI is InChI=1S/C34H31BrN6O3/c1-20-9-13-22(14-10-20)17-24-5-3-8-27-29(24)37-41(31(27)23-15-11-21(2)12-16-23)28(42)19-39-32-30(36-38-39)33(43)40(34(32)44)26-7-4-6-25(35)18-26/h4,6-7,9-18,27,30-32H,3,5,8,19H2,1-2H3/b24-17+/t27-,30+,31+,32-/m1/s1. The van der Waals surface area contributed by atoms with Gasteiger partial charge in [0.1, 0.15) is 6.54 Å². The molecule has 3 amide bonds. The minimum Gasteiger partial charge on any atom is -0.271 e. The van der Waals surface area contributed by atoms with Gasteiger partial charge in [0.05, 0.1) is 17.4 Å². The van der Waals surface area contributed by atoms with Crippen LogP contribution in [0.5, 0.6) is 0 Å². The molecule has 3 aromatic carbocycles. The van der Waals surface area contributed by atoms with Crippen LogP contribution >= 0.6 is 15.9 Å². The average molecular weight is 652 g/mol. The van der Waals surface area contributed by atoms with Crippen LogP contribution in [0.15, 0.2) is 98.3 Å². The minimum absolute atomic E-state index is 0.0433. The molecular formula is C34H31BrN6O3. The Morgan fingerprint density at radius 2 is 1.68 bits per heavy atom. The first-order valence-electron chi connectivity index (χ1n) is 14.8. The Kier molecular flexibility index (Phi) is 7.24. The fourth-order valence-corrected chi connectivity index (χ4v) is 6.99. The summed E-state index contributed by atoms with van der Waals surface area (Å²) >= 11 is 3.40. The van der Waals surface area contributed by atoms with Gasteiger partial charge in [-0.05, 0) is 74.1 Å². The molecule has 0 radical (unpaired) electrons. The van der Waals surface area contributed by atoms with Crippen molar-refractivity contribution in [3.63, 3.8) is 0 Å². The fraction of sp³-hybridized carbons (Fsp3) is 0.294. The molecule has 9 nitrogen and oxygen atoms in total. The smallest absolute Gasteiger partial charge is 0.264 e. The van der Waals surface area contributed by atoms with Gasteiger partial charge in [-0.3, -0.25) is 19.4 Å². The van der Waals surface area contributed by atoms with E-state index < -0.39 is 23.9 Å². The maximum atomic E-state index is 14.1. The minimum atomic E-state index is -0.987. The first-order chi connectivity index (χ1) is 21.3. The van der Waals surface area contributed by atoms with Crippen LogP contribution in [0.1, 0.15) is 47.6 Å². The quantitative estimate of drug-likeness (QED) is 0.308. The summed E-state index contributed by atoms with van der Waals surface area (Å²) in [5.74, 6) is -1.15. The molecule has 1 saturated carbocycles. The molecular weight excluding hydrogens is 620 g/mol. The van der Waals surface area contributed by atoms with Crippen LogP contribution < -0.4 is 4.90 Å². The number of anilines is 1. The lowest BCUT2D eigenvalue weighted by Crippen LogP contribution is -2.45. The van der Waals surface area contributed by atoms with Crippen LogP contribution in [0.25, 0.3) is 6.08 Å². The summed E-state index contributed by atoms with van der Waals surface area (Å²) in [6.45, 7) is 3.89. The number of hydrogen-bond donors (Lipinski definition) is 0. The predicted octanol–water partition coefficient (Wildman–Crippen LogP) is 6.18. The summed E-state index contributed by atoms with van der Waals surface area (Å²) in [5, 5.41) is 16.2. The molecule has 44 heavy (non-hydrogen) atoms. The number of carbonyl (C=O) groups is 3. The zero-order chi connectivity index (χ0) is 30.5. The molecule has 1 saturated heterocycles. The molecule has 0 unspecified atom stereocenters. The van der Waals surface area contributed by atoms with Crippen molar-refractivity contribution < 1.29 is 14.4 Å². The molecule has 4 atom stereocenters. The number of amides is 3. The molecule has 0 bridgehead atoms. The van der Waals surface area contributed by atoms with Crippen molar-refractivity contribution in [2.45, 2.75) is 51.2 Å². The van der Waals surface area contributed by atoms with Crippen molar-refractivity contribution in [1.29, 1.82) is 0 Å². The first kappa shape index (κ1) is 28.3. The van der Waals surface area contributed by atoms with Gasteiger partial charge in [0, 0.05) is 10.4 Å². The summed E-state index contributed by atoms with van der Waals surface area (Å²) in [4.78, 5) is 42.0. The maximum Gasteiger partial charge on any atom is 0.264 e. The molecule has 3 aromatic rings. The lowest BCUT2D eigenvalue weighted by atomic mass is 9.77. The highest BCUT2D eigenvalue weighted by Crippen LogP contribution is 2.45. The van der Waals surface area contributed by atoms with Crippen LogP contribution in [0, 0.1) is 19.8 Å². The fourth-order valence-electron chi connectivity index (χ4n) is 6.60. The average Bonchev–Trinajstić information content (AvgIpc) is 3.68. The molecule has 0 N–H and O–H groups in total. The van der Waals surface area contributed by atoms with Gasteiger partial charge in [-0.2, -0.15) is 10.2 Å². The number of carbonyl (C=O) groups excluding carboxylic acids is 3. The number of hydrogen-bond acceptors (Lipinski definition) is 7. The lowest BCUT2D eigenvalue weighted by molar-refractivity contribution is -0.136. The molecule has 0 aromatic heterocycles. The first-order valence-corrected chi connectivity index (χ1v) is 15.6. The number of fused-ring (bicyclic) bond motifs is 2. The van der Waals surface area contributed by atoms with E-state index in [9.17, 15) is 14.4 Å². The Bertz CT molecular complexity index is 1750. The van der Waals surface area contributed by atoms with Crippen molar-refractivity contribution >= 4 is 51.1 Å². The van der Waals surface area contributed by atoms with Crippen molar-refractivity contribution in [1.82, 2.24) is 10.0 Å². The number of allylic oxidation sites excluding steroid dienone is 1. The van der Waals surface area contributed by atoms with Crippen LogP contribution in [-0.4, -0.2) is 52.1 Å². The van der Waals surface area contributed by atoms with Gasteiger partial charge >= 0.3 is 0 Å². The molecule has 3 aliphatic heterocycles. The second-order valence-electron chi connectivity index (χ2n) is 11.8. The summed E-state index contributed by atoms with van der Waals surface area (Å²) < 4.78 is 0.744. The number of nitrogens with zero attached hydrogens (tertiary/aromatic N) is 6. The number of halogens is 1. The number of hydrazone groups is 1. The largest absolute Gasteiger partial charge is 0.271 e. The van der Waals surface area contributed by atoms with Gasteiger partial charge in [-0.25, -0.2) is 9.91 Å². The SMILES string of the molecule is Cc1ccc(/C=C2\CCC[C@@H]3C2=NN(C(=O)CN2N=N[C@@H]4C(=O)N(c5cccc(Br)c5)C(=O)[C@@H]42)[C@H]3c2ccc(C)cc2)cc1. The highest BCUT2D eigenvalue weighted by atomic mass is 79.9. The topological polar surface area (TPSA) is 98.0 Å². The Morgan fingerprint density at radius 3 is 2.41 bits per heavy atom. The Morgan fingerprint density at radius 1 is 0.955 bits per heavy atom. The van der Waals surface area contributed by atoms with E-state index in [1.165, 1.54) is 10.6 Å². The number of imide groups is 1. The van der Waals surface area contributed by atoms with E-state index in [2.05, 4.69) is 87.8 Å². The number of aryl methyl sites for hydroxylation is 2. The normalized spacial score (nSPS) is 25.1. The molecule has 1 aliphatic carbocycles.